The van der Waals surface area contributed by atoms with Crippen LogP contribution in [0, 0.1) is 5.82 Å². The largest absolute Gasteiger partial charge is 0.305 e. The highest BCUT2D eigenvalue weighted by Crippen LogP contribution is 2.33. The lowest BCUT2D eigenvalue weighted by molar-refractivity contribution is 0.0984. The number of carbonyl (C=O) groups excluding carboxylic acids is 1. The molecule has 0 saturated heterocycles. The Hall–Kier alpha value is -1.65. The summed E-state index contributed by atoms with van der Waals surface area (Å²) in [5.41, 5.74) is 1.44. The van der Waals surface area contributed by atoms with Crippen molar-refractivity contribution in [3.63, 3.8) is 0 Å². The Morgan fingerprint density at radius 2 is 2.10 bits per heavy atom. The monoisotopic (exact) mass is 324 g/mol. The van der Waals surface area contributed by atoms with Gasteiger partial charge in [-0.05, 0) is 42.7 Å². The van der Waals surface area contributed by atoms with Gasteiger partial charge < -0.3 is 4.90 Å². The Bertz CT molecular complexity index is 704. The zero-order valence-electron chi connectivity index (χ0n) is 10.9. The first-order valence-corrected chi connectivity index (χ1v) is 7.23. The number of amides is 1. The molecule has 0 radical (unpaired) electrons. The van der Waals surface area contributed by atoms with Crippen LogP contribution >= 0.6 is 23.2 Å². The van der Waals surface area contributed by atoms with Crippen LogP contribution in [0.15, 0.2) is 30.5 Å². The summed E-state index contributed by atoms with van der Waals surface area (Å²) in [7, 11) is 0. The van der Waals surface area contributed by atoms with Crippen molar-refractivity contribution >= 4 is 34.8 Å². The van der Waals surface area contributed by atoms with Crippen molar-refractivity contribution in [2.45, 2.75) is 12.8 Å². The zero-order valence-corrected chi connectivity index (χ0v) is 12.5. The topological polar surface area (TPSA) is 33.2 Å². The maximum Gasteiger partial charge on any atom is 0.259 e. The van der Waals surface area contributed by atoms with Crippen molar-refractivity contribution in [2.75, 3.05) is 11.4 Å². The number of carbonyl (C=O) groups is 1. The Morgan fingerprint density at radius 1 is 1.29 bits per heavy atom. The third-order valence-corrected chi connectivity index (χ3v) is 3.87. The fraction of sp³-hybridized carbons (Fsp3) is 0.200. The van der Waals surface area contributed by atoms with E-state index in [1.807, 2.05) is 0 Å². The maximum absolute atomic E-state index is 14.2. The number of halogens is 3. The molecule has 108 valence electrons. The van der Waals surface area contributed by atoms with Crippen molar-refractivity contribution in [3.8, 4) is 0 Å². The summed E-state index contributed by atoms with van der Waals surface area (Å²) in [6.07, 6.45) is 2.86. The summed E-state index contributed by atoms with van der Waals surface area (Å²) in [6.45, 7) is 0.465. The highest BCUT2D eigenvalue weighted by atomic mass is 35.5. The van der Waals surface area contributed by atoms with Crippen LogP contribution in [0.1, 0.15) is 22.3 Å². The van der Waals surface area contributed by atoms with Gasteiger partial charge in [-0.3, -0.25) is 4.79 Å². The second-order valence-electron chi connectivity index (χ2n) is 4.83. The molecular weight excluding hydrogens is 314 g/mol. The number of aryl methyl sites for hydroxylation is 1. The molecule has 0 unspecified atom stereocenters. The van der Waals surface area contributed by atoms with Gasteiger partial charge in [-0.1, -0.05) is 23.2 Å². The number of hydrogen-bond donors (Lipinski definition) is 0. The predicted octanol–water partition coefficient (Wildman–Crippen LogP) is 4.12. The first-order chi connectivity index (χ1) is 10.1. The van der Waals surface area contributed by atoms with E-state index in [4.69, 9.17) is 23.2 Å². The van der Waals surface area contributed by atoms with Gasteiger partial charge in [0.15, 0.2) is 0 Å². The Balaban J connectivity index is 2.02. The molecule has 0 bridgehead atoms. The van der Waals surface area contributed by atoms with E-state index in [0.29, 0.717) is 34.4 Å². The standard InChI is InChI=1S/C15H11Cl2FN2O/c16-11-6-9-2-1-5-20(14(9)12(18)7-11)15(21)10-3-4-13(17)19-8-10/h3-4,6-8H,1-2,5H2. The average Bonchev–Trinajstić information content (AvgIpc) is 2.46. The minimum absolute atomic E-state index is 0.290. The molecular formula is C15H11Cl2FN2O. The lowest BCUT2D eigenvalue weighted by atomic mass is 10.0. The molecule has 0 aliphatic carbocycles. The Morgan fingerprint density at radius 3 is 2.81 bits per heavy atom. The Kier molecular flexibility index (Phi) is 3.83. The summed E-state index contributed by atoms with van der Waals surface area (Å²) in [5.74, 6) is -0.770. The Labute approximate surface area is 131 Å². The highest BCUT2D eigenvalue weighted by Gasteiger charge is 2.27. The van der Waals surface area contributed by atoms with Crippen LogP contribution in [0.5, 0.6) is 0 Å². The molecule has 3 nitrogen and oxygen atoms in total. The van der Waals surface area contributed by atoms with Crippen LogP contribution in [0.4, 0.5) is 10.1 Å². The van der Waals surface area contributed by atoms with E-state index in [1.165, 1.54) is 23.2 Å². The lowest BCUT2D eigenvalue weighted by Crippen LogP contribution is -2.36. The third kappa shape index (κ3) is 2.74. The maximum atomic E-state index is 14.2. The smallest absolute Gasteiger partial charge is 0.259 e. The van der Waals surface area contributed by atoms with E-state index >= 15 is 0 Å². The number of hydrogen-bond acceptors (Lipinski definition) is 2. The summed E-state index contributed by atoms with van der Waals surface area (Å²) in [5, 5.41) is 0.650. The van der Waals surface area contributed by atoms with Crippen molar-refractivity contribution in [1.82, 2.24) is 4.98 Å². The quantitative estimate of drug-likeness (QED) is 0.739. The van der Waals surface area contributed by atoms with E-state index in [2.05, 4.69) is 4.98 Å². The molecule has 0 atom stereocenters. The SMILES string of the molecule is O=C(c1ccc(Cl)nc1)N1CCCc2cc(Cl)cc(F)c21. The molecule has 1 aromatic heterocycles. The van der Waals surface area contributed by atoms with Gasteiger partial charge in [0.25, 0.3) is 5.91 Å². The van der Waals surface area contributed by atoms with Crippen molar-refractivity contribution in [1.29, 1.82) is 0 Å². The fourth-order valence-corrected chi connectivity index (χ4v) is 2.85. The highest BCUT2D eigenvalue weighted by molar-refractivity contribution is 6.31. The minimum atomic E-state index is -0.479. The van der Waals surface area contributed by atoms with E-state index in [9.17, 15) is 9.18 Å². The van der Waals surface area contributed by atoms with Crippen LogP contribution in [-0.2, 0) is 6.42 Å². The molecule has 3 rings (SSSR count). The number of pyridine rings is 1. The van der Waals surface area contributed by atoms with Crippen molar-refractivity contribution in [3.05, 3.63) is 57.6 Å². The van der Waals surface area contributed by atoms with Crippen molar-refractivity contribution in [2.24, 2.45) is 0 Å². The molecule has 0 N–H and O–H groups in total. The van der Waals surface area contributed by atoms with Crippen LogP contribution in [0.25, 0.3) is 0 Å². The van der Waals surface area contributed by atoms with Crippen LogP contribution < -0.4 is 4.90 Å². The summed E-state index contributed by atoms with van der Waals surface area (Å²) < 4.78 is 14.2. The van der Waals surface area contributed by atoms with Crippen LogP contribution in [0.2, 0.25) is 10.2 Å². The molecule has 6 heteroatoms. The molecule has 1 aromatic carbocycles. The van der Waals surface area contributed by atoms with Crippen molar-refractivity contribution < 1.29 is 9.18 Å². The second-order valence-corrected chi connectivity index (χ2v) is 5.65. The molecule has 1 amide bonds. The van der Waals surface area contributed by atoms with Gasteiger partial charge in [0.05, 0.1) is 11.3 Å². The third-order valence-electron chi connectivity index (χ3n) is 3.42. The van der Waals surface area contributed by atoms with Gasteiger partial charge in [-0.2, -0.15) is 0 Å². The number of rotatable bonds is 1. The number of nitrogens with zero attached hydrogens (tertiary/aromatic N) is 2. The molecule has 0 saturated carbocycles. The molecule has 1 aliphatic rings. The molecule has 21 heavy (non-hydrogen) atoms. The summed E-state index contributed by atoms with van der Waals surface area (Å²) >= 11 is 11.6. The van der Waals surface area contributed by atoms with Crippen LogP contribution in [0.3, 0.4) is 0 Å². The van der Waals surface area contributed by atoms with Gasteiger partial charge in [-0.15, -0.1) is 0 Å². The predicted molar refractivity (Wildman–Crippen MR) is 80.7 cm³/mol. The number of anilines is 1. The van der Waals surface area contributed by atoms with Gasteiger partial charge in [0.1, 0.15) is 11.0 Å². The molecule has 2 aromatic rings. The van der Waals surface area contributed by atoms with Gasteiger partial charge in [0.2, 0.25) is 0 Å². The number of fused-ring (bicyclic) bond motifs is 1. The van der Waals surface area contributed by atoms with E-state index in [1.54, 1.807) is 12.1 Å². The van der Waals surface area contributed by atoms with E-state index in [-0.39, 0.29) is 5.91 Å². The fourth-order valence-electron chi connectivity index (χ4n) is 2.51. The molecule has 0 spiro atoms. The van der Waals surface area contributed by atoms with Gasteiger partial charge in [-0.25, -0.2) is 9.37 Å². The number of benzene rings is 1. The molecule has 2 heterocycles. The minimum Gasteiger partial charge on any atom is -0.305 e. The van der Waals surface area contributed by atoms with Crippen LogP contribution in [-0.4, -0.2) is 17.4 Å². The summed E-state index contributed by atoms with van der Waals surface area (Å²) in [4.78, 5) is 17.9. The molecule has 0 fully saturated rings. The second kappa shape index (κ2) is 5.62. The average molecular weight is 325 g/mol. The molecule has 1 aliphatic heterocycles. The van der Waals surface area contributed by atoms with E-state index in [0.717, 1.165) is 12.0 Å². The summed E-state index contributed by atoms with van der Waals surface area (Å²) in [6, 6.07) is 6.06. The van der Waals surface area contributed by atoms with Gasteiger partial charge >= 0.3 is 0 Å². The normalized spacial score (nSPS) is 14.0. The first-order valence-electron chi connectivity index (χ1n) is 6.47. The lowest BCUT2D eigenvalue weighted by Gasteiger charge is -2.30. The first kappa shape index (κ1) is 14.3. The number of aromatic nitrogens is 1. The van der Waals surface area contributed by atoms with E-state index < -0.39 is 5.82 Å². The van der Waals surface area contributed by atoms with Gasteiger partial charge in [0, 0.05) is 17.8 Å². The zero-order chi connectivity index (χ0) is 15.0.